The highest BCUT2D eigenvalue weighted by Gasteiger charge is 2.25. The van der Waals surface area contributed by atoms with Crippen molar-refractivity contribution < 1.29 is 13.5 Å². The molecular formula is C14H25N3O3S. The van der Waals surface area contributed by atoms with Crippen LogP contribution in [0.3, 0.4) is 0 Å². The first kappa shape index (κ1) is 17.7. The normalized spacial score (nSPS) is 14.0. The minimum atomic E-state index is -3.83. The summed E-state index contributed by atoms with van der Waals surface area (Å²) in [5.74, 6) is 0. The van der Waals surface area contributed by atoms with Gasteiger partial charge in [-0.15, -0.1) is 0 Å². The fourth-order valence-corrected chi connectivity index (χ4v) is 3.03. The molecule has 6 N–H and O–H groups in total. The Morgan fingerprint density at radius 1 is 1.33 bits per heavy atom. The third-order valence-corrected chi connectivity index (χ3v) is 4.52. The molecule has 1 rings (SSSR count). The Hall–Kier alpha value is -1.31. The third-order valence-electron chi connectivity index (χ3n) is 3.48. The van der Waals surface area contributed by atoms with Crippen LogP contribution < -0.4 is 16.2 Å². The standard InChI is InChI=1S/C14H25N3O3S/c1-9-11(17-13(5-6-18)14(2,3)4)7-10(15)8-12(9)21(16,19)20/h7-8,13,17-18H,5-6,15H2,1-4H3,(H2,16,19,20). The molecule has 0 amide bonds. The number of anilines is 2. The molecule has 1 atom stereocenters. The van der Waals surface area contributed by atoms with Gasteiger partial charge in [0.2, 0.25) is 10.0 Å². The first-order valence-corrected chi connectivity index (χ1v) is 8.31. The van der Waals surface area contributed by atoms with Crippen LogP contribution in [0.1, 0.15) is 32.8 Å². The smallest absolute Gasteiger partial charge is 0.238 e. The largest absolute Gasteiger partial charge is 0.399 e. The number of nitrogens with one attached hydrogen (secondary N) is 1. The van der Waals surface area contributed by atoms with Crippen molar-refractivity contribution in [2.45, 2.75) is 45.1 Å². The van der Waals surface area contributed by atoms with Crippen LogP contribution in [0.15, 0.2) is 17.0 Å². The van der Waals surface area contributed by atoms with E-state index in [0.717, 1.165) is 0 Å². The van der Waals surface area contributed by atoms with Crippen molar-refractivity contribution in [3.05, 3.63) is 17.7 Å². The van der Waals surface area contributed by atoms with Crippen molar-refractivity contribution in [1.29, 1.82) is 0 Å². The number of benzene rings is 1. The minimum absolute atomic E-state index is 0.0154. The summed E-state index contributed by atoms with van der Waals surface area (Å²) in [6.07, 6.45) is 0.544. The van der Waals surface area contributed by atoms with Gasteiger partial charge in [-0.2, -0.15) is 0 Å². The Balaban J connectivity index is 3.28. The SMILES string of the molecule is Cc1c(NC(CCO)C(C)(C)C)cc(N)cc1S(N)(=O)=O. The highest BCUT2D eigenvalue weighted by molar-refractivity contribution is 7.89. The summed E-state index contributed by atoms with van der Waals surface area (Å²) in [7, 11) is -3.83. The lowest BCUT2D eigenvalue weighted by molar-refractivity contribution is 0.235. The van der Waals surface area contributed by atoms with Crippen LogP contribution in [0, 0.1) is 12.3 Å². The molecule has 0 aliphatic rings. The van der Waals surface area contributed by atoms with Crippen LogP contribution in [0.2, 0.25) is 0 Å². The molecule has 1 unspecified atom stereocenters. The number of hydrogen-bond donors (Lipinski definition) is 4. The topological polar surface area (TPSA) is 118 Å². The van der Waals surface area contributed by atoms with Crippen LogP contribution in [0.5, 0.6) is 0 Å². The quantitative estimate of drug-likeness (QED) is 0.613. The maximum Gasteiger partial charge on any atom is 0.238 e. The molecule has 0 spiro atoms. The molecule has 0 radical (unpaired) electrons. The maximum absolute atomic E-state index is 11.6. The molecule has 0 saturated heterocycles. The number of sulfonamides is 1. The third kappa shape index (κ3) is 4.59. The average Bonchev–Trinajstić information content (AvgIpc) is 2.30. The lowest BCUT2D eigenvalue weighted by Crippen LogP contribution is -2.35. The highest BCUT2D eigenvalue weighted by atomic mass is 32.2. The van der Waals surface area contributed by atoms with Gasteiger partial charge < -0.3 is 16.2 Å². The number of rotatable bonds is 5. The fraction of sp³-hybridized carbons (Fsp3) is 0.571. The van der Waals surface area contributed by atoms with Gasteiger partial charge in [-0.25, -0.2) is 13.6 Å². The molecule has 21 heavy (non-hydrogen) atoms. The number of nitrogen functional groups attached to an aromatic ring is 1. The van der Waals surface area contributed by atoms with Crippen molar-refractivity contribution in [3.63, 3.8) is 0 Å². The molecule has 120 valence electrons. The zero-order chi connectivity index (χ0) is 16.4. The van der Waals surface area contributed by atoms with E-state index in [-0.39, 0.29) is 23.0 Å². The zero-order valence-electron chi connectivity index (χ0n) is 13.0. The Bertz CT molecular complexity index is 607. The second-order valence-electron chi connectivity index (χ2n) is 6.31. The summed E-state index contributed by atoms with van der Waals surface area (Å²) in [6.45, 7) is 7.85. The number of aliphatic hydroxyl groups is 1. The van der Waals surface area contributed by atoms with Crippen LogP contribution >= 0.6 is 0 Å². The molecule has 0 aromatic heterocycles. The molecule has 0 fully saturated rings. The van der Waals surface area contributed by atoms with E-state index in [1.165, 1.54) is 6.07 Å². The molecule has 0 heterocycles. The van der Waals surface area contributed by atoms with Crippen LogP contribution in [-0.4, -0.2) is 26.2 Å². The van der Waals surface area contributed by atoms with Gasteiger partial charge in [-0.1, -0.05) is 20.8 Å². The second-order valence-corrected chi connectivity index (χ2v) is 7.84. The van der Waals surface area contributed by atoms with Crippen LogP contribution in [0.4, 0.5) is 11.4 Å². The van der Waals surface area contributed by atoms with Crippen molar-refractivity contribution >= 4 is 21.4 Å². The minimum Gasteiger partial charge on any atom is -0.399 e. The predicted octanol–water partition coefficient (Wildman–Crippen LogP) is 1.43. The zero-order valence-corrected chi connectivity index (χ0v) is 13.8. The molecule has 6 nitrogen and oxygen atoms in total. The number of nitrogens with two attached hydrogens (primary N) is 2. The van der Waals surface area contributed by atoms with Gasteiger partial charge in [0.05, 0.1) is 4.90 Å². The summed E-state index contributed by atoms with van der Waals surface area (Å²) in [5, 5.41) is 17.7. The van der Waals surface area contributed by atoms with Gasteiger partial charge in [0.1, 0.15) is 0 Å². The van der Waals surface area contributed by atoms with E-state index in [1.54, 1.807) is 13.0 Å². The number of hydrogen-bond acceptors (Lipinski definition) is 5. The van der Waals surface area contributed by atoms with Crippen molar-refractivity contribution in [2.75, 3.05) is 17.7 Å². The van der Waals surface area contributed by atoms with E-state index in [2.05, 4.69) is 5.32 Å². The fourth-order valence-electron chi connectivity index (χ4n) is 2.19. The monoisotopic (exact) mass is 315 g/mol. The molecular weight excluding hydrogens is 290 g/mol. The van der Waals surface area contributed by atoms with Gasteiger partial charge in [0.15, 0.2) is 0 Å². The Morgan fingerprint density at radius 3 is 2.33 bits per heavy atom. The first-order chi connectivity index (χ1) is 9.46. The van der Waals surface area contributed by atoms with Gasteiger partial charge in [0.25, 0.3) is 0 Å². The average molecular weight is 315 g/mol. The number of primary sulfonamides is 1. The highest BCUT2D eigenvalue weighted by Crippen LogP contribution is 2.31. The summed E-state index contributed by atoms with van der Waals surface area (Å²) in [4.78, 5) is 0.0154. The molecule has 0 aliphatic carbocycles. The van der Waals surface area contributed by atoms with Gasteiger partial charge >= 0.3 is 0 Å². The van der Waals surface area contributed by atoms with E-state index >= 15 is 0 Å². The van der Waals surface area contributed by atoms with Crippen molar-refractivity contribution in [1.82, 2.24) is 0 Å². The van der Waals surface area contributed by atoms with Crippen molar-refractivity contribution in [3.8, 4) is 0 Å². The molecule has 7 heteroatoms. The molecule has 1 aromatic carbocycles. The van der Waals surface area contributed by atoms with E-state index in [4.69, 9.17) is 10.9 Å². The van der Waals surface area contributed by atoms with Crippen LogP contribution in [0.25, 0.3) is 0 Å². The summed E-state index contributed by atoms with van der Waals surface area (Å²) < 4.78 is 23.2. The molecule has 0 saturated carbocycles. The number of aliphatic hydroxyl groups excluding tert-OH is 1. The lowest BCUT2D eigenvalue weighted by Gasteiger charge is -2.33. The van der Waals surface area contributed by atoms with Gasteiger partial charge in [-0.05, 0) is 36.5 Å². The van der Waals surface area contributed by atoms with Gasteiger partial charge in [0, 0.05) is 24.0 Å². The summed E-state index contributed by atoms with van der Waals surface area (Å²) >= 11 is 0. The second kappa shape index (κ2) is 6.21. The van der Waals surface area contributed by atoms with E-state index in [0.29, 0.717) is 23.4 Å². The maximum atomic E-state index is 11.6. The molecule has 0 aliphatic heterocycles. The Kier molecular flexibility index (Phi) is 5.25. The lowest BCUT2D eigenvalue weighted by atomic mass is 9.84. The van der Waals surface area contributed by atoms with E-state index in [1.807, 2.05) is 20.8 Å². The predicted molar refractivity (Wildman–Crippen MR) is 85.5 cm³/mol. The van der Waals surface area contributed by atoms with Crippen molar-refractivity contribution in [2.24, 2.45) is 10.6 Å². The molecule has 0 bridgehead atoms. The summed E-state index contributed by atoms with van der Waals surface area (Å²) in [6, 6.07) is 3.00. The molecule has 1 aromatic rings. The first-order valence-electron chi connectivity index (χ1n) is 6.77. The van der Waals surface area contributed by atoms with E-state index in [9.17, 15) is 13.5 Å². The van der Waals surface area contributed by atoms with Crippen LogP contribution in [-0.2, 0) is 10.0 Å². The Morgan fingerprint density at radius 2 is 1.90 bits per heavy atom. The van der Waals surface area contributed by atoms with E-state index < -0.39 is 10.0 Å². The summed E-state index contributed by atoms with van der Waals surface area (Å²) in [5.41, 5.74) is 7.13. The van der Waals surface area contributed by atoms with Gasteiger partial charge in [-0.3, -0.25) is 0 Å². The Labute approximate surface area is 126 Å².